The highest BCUT2D eigenvalue weighted by Gasteiger charge is 2.26. The molecule has 11 heavy (non-hydrogen) atoms. The number of rotatable bonds is 4. The van der Waals surface area contributed by atoms with Gasteiger partial charge in [-0.1, -0.05) is 0 Å². The Morgan fingerprint density at radius 3 is 2.45 bits per heavy atom. The molecule has 2 unspecified atom stereocenters. The maximum absolute atomic E-state index is 10.7. The lowest BCUT2D eigenvalue weighted by molar-refractivity contribution is -0.111. The lowest BCUT2D eigenvalue weighted by Crippen LogP contribution is -2.10. The predicted molar refractivity (Wildman–Crippen MR) is 38.1 cm³/mol. The van der Waals surface area contributed by atoms with Crippen molar-refractivity contribution in [2.45, 2.75) is 20.0 Å². The van der Waals surface area contributed by atoms with Crippen molar-refractivity contribution in [2.24, 2.45) is 0 Å². The van der Waals surface area contributed by atoms with Gasteiger partial charge in [-0.15, -0.1) is 0 Å². The molecule has 2 N–H and O–H groups in total. The van der Waals surface area contributed by atoms with Crippen LogP contribution in [0.2, 0.25) is 0 Å². The molecule has 66 valence electrons. The number of carbonyl (C=O) groups excluding carboxylic acids is 1. The highest BCUT2D eigenvalue weighted by Crippen LogP contribution is 2.42. The molecule has 0 aliphatic heterocycles. The Bertz CT molecular complexity index is 187. The molecule has 0 aliphatic rings. The summed E-state index contributed by atoms with van der Waals surface area (Å²) >= 11 is 0. The van der Waals surface area contributed by atoms with Crippen molar-refractivity contribution in [1.82, 2.24) is 0 Å². The summed E-state index contributed by atoms with van der Waals surface area (Å²) in [5.41, 5.74) is -0.918. The Kier molecular flexibility index (Phi) is 3.89. The average molecular weight is 182 g/mol. The van der Waals surface area contributed by atoms with Gasteiger partial charge < -0.3 is 14.5 Å². The standard InChI is InChI=1S/C5H11O5P/c1-4(6)3-10-11(8,9)5(2)7/h4,6H,3H2,1-2H3,(H,8,9). The van der Waals surface area contributed by atoms with Crippen LogP contribution < -0.4 is 0 Å². The van der Waals surface area contributed by atoms with E-state index in [-0.39, 0.29) is 6.61 Å². The molecule has 0 fully saturated rings. The number of hydrogen-bond donors (Lipinski definition) is 2. The van der Waals surface area contributed by atoms with Crippen molar-refractivity contribution >= 4 is 13.1 Å². The highest BCUT2D eigenvalue weighted by molar-refractivity contribution is 7.70. The molecule has 0 spiro atoms. The smallest absolute Gasteiger partial charge is 0.391 e. The Balaban J connectivity index is 3.94. The van der Waals surface area contributed by atoms with E-state index in [0.29, 0.717) is 0 Å². The van der Waals surface area contributed by atoms with E-state index in [4.69, 9.17) is 10.00 Å². The number of aliphatic hydroxyl groups is 1. The lowest BCUT2D eigenvalue weighted by Gasteiger charge is -2.09. The van der Waals surface area contributed by atoms with Crippen LogP contribution in [0.4, 0.5) is 0 Å². The van der Waals surface area contributed by atoms with Gasteiger partial charge in [0.15, 0.2) is 0 Å². The topological polar surface area (TPSA) is 83.8 Å². The molecule has 0 amide bonds. The summed E-state index contributed by atoms with van der Waals surface area (Å²) in [5.74, 6) is 0. The van der Waals surface area contributed by atoms with Crippen molar-refractivity contribution in [1.29, 1.82) is 0 Å². The summed E-state index contributed by atoms with van der Waals surface area (Å²) in [4.78, 5) is 19.1. The first-order valence-corrected chi connectivity index (χ1v) is 4.60. The van der Waals surface area contributed by atoms with Crippen molar-refractivity contribution < 1.29 is 23.9 Å². The first-order valence-electron chi connectivity index (χ1n) is 3.03. The summed E-state index contributed by atoms with van der Waals surface area (Å²) in [5, 5.41) is 8.63. The van der Waals surface area contributed by atoms with E-state index in [1.165, 1.54) is 6.92 Å². The Morgan fingerprint density at radius 2 is 2.18 bits per heavy atom. The Morgan fingerprint density at radius 1 is 1.73 bits per heavy atom. The van der Waals surface area contributed by atoms with Crippen LogP contribution in [0.1, 0.15) is 13.8 Å². The van der Waals surface area contributed by atoms with Gasteiger partial charge >= 0.3 is 7.60 Å². The molecule has 0 aliphatic carbocycles. The summed E-state index contributed by atoms with van der Waals surface area (Å²) in [7, 11) is -4.12. The fourth-order valence-electron chi connectivity index (χ4n) is 0.300. The molecule has 6 heteroatoms. The van der Waals surface area contributed by atoms with Crippen molar-refractivity contribution in [3.63, 3.8) is 0 Å². The van der Waals surface area contributed by atoms with Gasteiger partial charge in [-0.05, 0) is 6.92 Å². The minimum Gasteiger partial charge on any atom is -0.391 e. The zero-order valence-electron chi connectivity index (χ0n) is 6.35. The predicted octanol–water partition coefficient (Wildman–Crippen LogP) is 0.116. The second kappa shape index (κ2) is 3.97. The molecule has 0 saturated carbocycles. The molecule has 0 heterocycles. The van der Waals surface area contributed by atoms with E-state index in [1.807, 2.05) is 0 Å². The number of aliphatic hydroxyl groups excluding tert-OH is 1. The Labute approximate surface area is 64.5 Å². The monoisotopic (exact) mass is 182 g/mol. The van der Waals surface area contributed by atoms with Crippen LogP contribution in [0.3, 0.4) is 0 Å². The van der Waals surface area contributed by atoms with E-state index in [0.717, 1.165) is 6.92 Å². The summed E-state index contributed by atoms with van der Waals surface area (Å²) < 4.78 is 15.0. The van der Waals surface area contributed by atoms with Crippen molar-refractivity contribution in [3.8, 4) is 0 Å². The van der Waals surface area contributed by atoms with Crippen LogP contribution in [0.5, 0.6) is 0 Å². The molecule has 0 aromatic rings. The molecule has 2 atom stereocenters. The van der Waals surface area contributed by atoms with Gasteiger partial charge in [0.1, 0.15) is 0 Å². The molecule has 5 nitrogen and oxygen atoms in total. The van der Waals surface area contributed by atoms with Gasteiger partial charge in [0.05, 0.1) is 12.7 Å². The van der Waals surface area contributed by atoms with Crippen molar-refractivity contribution in [2.75, 3.05) is 6.61 Å². The quantitative estimate of drug-likeness (QED) is 0.603. The van der Waals surface area contributed by atoms with Crippen LogP contribution in [-0.2, 0) is 13.9 Å². The molecule has 0 saturated heterocycles. The zero-order valence-corrected chi connectivity index (χ0v) is 7.25. The zero-order chi connectivity index (χ0) is 9.07. The second-order valence-electron chi connectivity index (χ2n) is 2.18. The minimum atomic E-state index is -4.12. The fourth-order valence-corrected chi connectivity index (χ4v) is 0.899. The van der Waals surface area contributed by atoms with E-state index >= 15 is 0 Å². The van der Waals surface area contributed by atoms with Crippen LogP contribution in [0.15, 0.2) is 0 Å². The van der Waals surface area contributed by atoms with Crippen molar-refractivity contribution in [3.05, 3.63) is 0 Å². The maximum Gasteiger partial charge on any atom is 0.393 e. The van der Waals surface area contributed by atoms with Gasteiger partial charge in [-0.2, -0.15) is 0 Å². The summed E-state index contributed by atoms with van der Waals surface area (Å²) in [6, 6.07) is 0. The van der Waals surface area contributed by atoms with Crippen LogP contribution in [0.25, 0.3) is 0 Å². The van der Waals surface area contributed by atoms with Crippen LogP contribution in [-0.4, -0.2) is 28.2 Å². The lowest BCUT2D eigenvalue weighted by atomic mass is 10.5. The molecule has 0 bridgehead atoms. The van der Waals surface area contributed by atoms with Gasteiger partial charge in [0, 0.05) is 6.92 Å². The molecular formula is C5H11O5P. The third-order valence-electron chi connectivity index (χ3n) is 0.889. The van der Waals surface area contributed by atoms with E-state index in [1.54, 1.807) is 0 Å². The van der Waals surface area contributed by atoms with E-state index < -0.39 is 19.2 Å². The maximum atomic E-state index is 10.7. The summed E-state index contributed by atoms with van der Waals surface area (Å²) in [6.07, 6.45) is -0.852. The Hall–Kier alpha value is -0.220. The first-order chi connectivity index (χ1) is 4.86. The summed E-state index contributed by atoms with van der Waals surface area (Å²) in [6.45, 7) is 2.04. The fraction of sp³-hybridized carbons (Fsp3) is 0.800. The third kappa shape index (κ3) is 4.27. The van der Waals surface area contributed by atoms with Gasteiger partial charge in [0.25, 0.3) is 0 Å². The average Bonchev–Trinajstić information content (AvgIpc) is 1.84. The van der Waals surface area contributed by atoms with Gasteiger partial charge in [-0.25, -0.2) is 0 Å². The first kappa shape index (κ1) is 10.8. The highest BCUT2D eigenvalue weighted by atomic mass is 31.2. The minimum absolute atomic E-state index is 0.312. The molecule has 0 aromatic heterocycles. The normalized spacial score (nSPS) is 18.9. The third-order valence-corrected chi connectivity index (χ3v) is 2.18. The van der Waals surface area contributed by atoms with Crippen LogP contribution in [0, 0.1) is 0 Å². The van der Waals surface area contributed by atoms with E-state index in [2.05, 4.69) is 4.52 Å². The van der Waals surface area contributed by atoms with Crippen LogP contribution >= 0.6 is 7.60 Å². The second-order valence-corrected chi connectivity index (χ2v) is 4.11. The number of hydrogen-bond acceptors (Lipinski definition) is 4. The SMILES string of the molecule is CC(=O)P(=O)(O)OCC(C)O. The largest absolute Gasteiger partial charge is 0.393 e. The number of carbonyl (C=O) groups is 1. The molecule has 0 rings (SSSR count). The van der Waals surface area contributed by atoms with E-state index in [9.17, 15) is 9.36 Å². The molecular weight excluding hydrogens is 171 g/mol. The molecule has 0 aromatic carbocycles. The van der Waals surface area contributed by atoms with Gasteiger partial charge in [-0.3, -0.25) is 9.36 Å². The molecule has 0 radical (unpaired) electrons. The van der Waals surface area contributed by atoms with Gasteiger partial charge in [0.2, 0.25) is 5.52 Å².